The lowest BCUT2D eigenvalue weighted by atomic mass is 10.1. The zero-order valence-electron chi connectivity index (χ0n) is 13.6. The van der Waals surface area contributed by atoms with E-state index in [0.717, 1.165) is 0 Å². The second-order valence-corrected chi connectivity index (χ2v) is 4.87. The molecule has 0 aliphatic rings. The molecule has 1 aromatic carbocycles. The molecule has 0 saturated carbocycles. The van der Waals surface area contributed by atoms with Gasteiger partial charge >= 0.3 is 6.36 Å². The van der Waals surface area contributed by atoms with Gasteiger partial charge in [0, 0.05) is 5.56 Å². The third-order valence-corrected chi connectivity index (χ3v) is 3.21. The highest BCUT2D eigenvalue weighted by Gasteiger charge is 2.31. The van der Waals surface area contributed by atoms with E-state index >= 15 is 0 Å². The Hall–Kier alpha value is -2.48. The lowest BCUT2D eigenvalue weighted by Gasteiger charge is -2.12. The van der Waals surface area contributed by atoms with E-state index in [0.29, 0.717) is 22.7 Å². The molecule has 5 nitrogen and oxygen atoms in total. The maximum atomic E-state index is 12.4. The molecule has 25 heavy (non-hydrogen) atoms. The van der Waals surface area contributed by atoms with Crippen molar-refractivity contribution in [1.29, 1.82) is 0 Å². The third kappa shape index (κ3) is 4.33. The van der Waals surface area contributed by atoms with Crippen LogP contribution < -0.4 is 9.47 Å². The third-order valence-electron chi connectivity index (χ3n) is 3.01. The molecule has 9 heteroatoms. The van der Waals surface area contributed by atoms with Gasteiger partial charge < -0.3 is 9.47 Å². The van der Waals surface area contributed by atoms with Gasteiger partial charge in [0.1, 0.15) is 16.7 Å². The molecule has 3 rings (SSSR count). The number of halogens is 4. The van der Waals surface area contributed by atoms with Gasteiger partial charge in [-0.1, -0.05) is 25.4 Å². The molecule has 0 bridgehead atoms. The predicted octanol–water partition coefficient (Wildman–Crippen LogP) is 4.98. The van der Waals surface area contributed by atoms with Crippen molar-refractivity contribution in [3.63, 3.8) is 0 Å². The van der Waals surface area contributed by atoms with Gasteiger partial charge in [0.2, 0.25) is 0 Å². The minimum Gasteiger partial charge on any atom is -0.496 e. The molecule has 0 aliphatic heterocycles. The Morgan fingerprint density at radius 1 is 1.12 bits per heavy atom. The molecule has 0 atom stereocenters. The Balaban J connectivity index is 0.00000109. The Kier molecular flexibility index (Phi) is 5.73. The first-order valence-electron chi connectivity index (χ1n) is 7.32. The molecule has 0 aliphatic carbocycles. The van der Waals surface area contributed by atoms with Crippen molar-refractivity contribution in [3.8, 4) is 22.8 Å². The number of hydrogen-bond acceptors (Lipinski definition) is 4. The average molecular weight is 374 g/mol. The van der Waals surface area contributed by atoms with Crippen molar-refractivity contribution < 1.29 is 22.6 Å². The summed E-state index contributed by atoms with van der Waals surface area (Å²) in [7, 11) is 1.41. The van der Waals surface area contributed by atoms with E-state index in [-0.39, 0.29) is 10.9 Å². The zero-order valence-corrected chi connectivity index (χ0v) is 14.4. The Bertz CT molecular complexity index is 865. The number of hydrogen-bond donors (Lipinski definition) is 0. The molecule has 0 unspecified atom stereocenters. The molecule has 3 aromatic rings. The van der Waals surface area contributed by atoms with Crippen LogP contribution in [0.4, 0.5) is 13.2 Å². The van der Waals surface area contributed by atoms with Crippen molar-refractivity contribution in [2.75, 3.05) is 7.11 Å². The summed E-state index contributed by atoms with van der Waals surface area (Å²) >= 11 is 5.86. The van der Waals surface area contributed by atoms with Crippen LogP contribution in [0.5, 0.6) is 11.5 Å². The van der Waals surface area contributed by atoms with Crippen molar-refractivity contribution in [2.45, 2.75) is 20.2 Å². The van der Waals surface area contributed by atoms with Crippen molar-refractivity contribution in [2.24, 2.45) is 0 Å². The summed E-state index contributed by atoms with van der Waals surface area (Å²) in [5, 5.41) is 4.31. The summed E-state index contributed by atoms with van der Waals surface area (Å²) in [4.78, 5) is 4.14. The lowest BCUT2D eigenvalue weighted by molar-refractivity contribution is -0.274. The summed E-state index contributed by atoms with van der Waals surface area (Å²) in [6, 6.07) is 6.95. The molecule has 0 saturated heterocycles. The Labute approximate surface area is 147 Å². The molecular weight excluding hydrogens is 359 g/mol. The van der Waals surface area contributed by atoms with Crippen LogP contribution in [0.2, 0.25) is 5.15 Å². The molecule has 0 spiro atoms. The number of alkyl halides is 3. The number of benzene rings is 1. The summed E-state index contributed by atoms with van der Waals surface area (Å²) in [6.07, 6.45) is -3.32. The summed E-state index contributed by atoms with van der Waals surface area (Å²) in [6.45, 7) is 4.00. The normalized spacial score (nSPS) is 11.0. The highest BCUT2D eigenvalue weighted by Crippen LogP contribution is 2.35. The first kappa shape index (κ1) is 18.9. The number of ether oxygens (including phenoxy) is 2. The SMILES string of the molecule is CC.COc1ccc(OC(F)(F)F)cc1-c1cnc2ccc(Cl)nn12. The van der Waals surface area contributed by atoms with Gasteiger partial charge in [-0.15, -0.1) is 13.2 Å². The van der Waals surface area contributed by atoms with Crippen LogP contribution in [0.15, 0.2) is 36.5 Å². The fourth-order valence-corrected chi connectivity index (χ4v) is 2.26. The number of nitrogens with zero attached hydrogens (tertiary/aromatic N) is 3. The van der Waals surface area contributed by atoms with Crippen LogP contribution >= 0.6 is 11.6 Å². The van der Waals surface area contributed by atoms with Gasteiger partial charge in [-0.3, -0.25) is 0 Å². The van der Waals surface area contributed by atoms with Crippen LogP contribution in [-0.4, -0.2) is 28.1 Å². The second-order valence-electron chi connectivity index (χ2n) is 4.48. The van der Waals surface area contributed by atoms with Gasteiger partial charge in [-0.25, -0.2) is 9.50 Å². The molecular formula is C16H15ClF3N3O2. The topological polar surface area (TPSA) is 48.7 Å². The van der Waals surface area contributed by atoms with E-state index in [9.17, 15) is 13.2 Å². The Morgan fingerprint density at radius 2 is 1.84 bits per heavy atom. The molecule has 0 radical (unpaired) electrons. The van der Waals surface area contributed by atoms with Gasteiger partial charge in [0.25, 0.3) is 0 Å². The van der Waals surface area contributed by atoms with Gasteiger partial charge in [0.05, 0.1) is 19.0 Å². The molecule has 0 amide bonds. The smallest absolute Gasteiger partial charge is 0.496 e. The molecule has 134 valence electrons. The summed E-state index contributed by atoms with van der Waals surface area (Å²) in [5.41, 5.74) is 1.26. The number of rotatable bonds is 3. The maximum absolute atomic E-state index is 12.4. The average Bonchev–Trinajstić information content (AvgIpc) is 2.98. The largest absolute Gasteiger partial charge is 0.573 e. The highest BCUT2D eigenvalue weighted by atomic mass is 35.5. The van der Waals surface area contributed by atoms with Crippen LogP contribution in [0, 0.1) is 0 Å². The molecule has 0 N–H and O–H groups in total. The van der Waals surface area contributed by atoms with Crippen molar-refractivity contribution >= 4 is 17.2 Å². The van der Waals surface area contributed by atoms with Crippen LogP contribution in [0.3, 0.4) is 0 Å². The number of methoxy groups -OCH3 is 1. The quantitative estimate of drug-likeness (QED) is 0.649. The van der Waals surface area contributed by atoms with Crippen molar-refractivity contribution in [3.05, 3.63) is 41.7 Å². The van der Waals surface area contributed by atoms with Crippen LogP contribution in [-0.2, 0) is 0 Å². The van der Waals surface area contributed by atoms with E-state index in [1.807, 2.05) is 13.8 Å². The standard InChI is InChI=1S/C14H9ClF3N3O2.C2H6/c1-22-11-3-2-8(23-14(16,17)18)6-9(11)10-7-19-13-5-4-12(15)20-21(10)13;1-2/h2-7H,1H3;1-2H3. The summed E-state index contributed by atoms with van der Waals surface area (Å²) < 4.78 is 47.8. The molecule has 2 heterocycles. The predicted molar refractivity (Wildman–Crippen MR) is 88.0 cm³/mol. The first-order valence-corrected chi connectivity index (χ1v) is 7.69. The molecule has 2 aromatic heterocycles. The fraction of sp³-hybridized carbons (Fsp3) is 0.250. The van der Waals surface area contributed by atoms with E-state index in [4.69, 9.17) is 16.3 Å². The zero-order chi connectivity index (χ0) is 18.6. The minimum absolute atomic E-state index is 0.221. The second kappa shape index (κ2) is 7.60. The molecule has 0 fully saturated rings. The highest BCUT2D eigenvalue weighted by molar-refractivity contribution is 6.29. The summed E-state index contributed by atoms with van der Waals surface area (Å²) in [5.74, 6) is -0.0200. The van der Waals surface area contributed by atoms with E-state index in [1.165, 1.54) is 36.0 Å². The van der Waals surface area contributed by atoms with E-state index in [1.54, 1.807) is 12.1 Å². The maximum Gasteiger partial charge on any atom is 0.573 e. The van der Waals surface area contributed by atoms with E-state index in [2.05, 4.69) is 14.8 Å². The minimum atomic E-state index is -4.78. The number of fused-ring (bicyclic) bond motifs is 1. The van der Waals surface area contributed by atoms with Crippen molar-refractivity contribution in [1.82, 2.24) is 14.6 Å². The van der Waals surface area contributed by atoms with Crippen LogP contribution in [0.1, 0.15) is 13.8 Å². The monoisotopic (exact) mass is 373 g/mol. The van der Waals surface area contributed by atoms with E-state index < -0.39 is 6.36 Å². The van der Waals surface area contributed by atoms with Gasteiger partial charge in [-0.2, -0.15) is 5.10 Å². The Morgan fingerprint density at radius 3 is 2.48 bits per heavy atom. The number of imidazole rings is 1. The fourth-order valence-electron chi connectivity index (χ4n) is 2.12. The number of aromatic nitrogens is 3. The first-order chi connectivity index (χ1) is 11.9. The van der Waals surface area contributed by atoms with Gasteiger partial charge in [-0.05, 0) is 30.3 Å². The van der Waals surface area contributed by atoms with Gasteiger partial charge in [0.15, 0.2) is 5.65 Å². The van der Waals surface area contributed by atoms with Crippen LogP contribution in [0.25, 0.3) is 16.9 Å². The lowest BCUT2D eigenvalue weighted by Crippen LogP contribution is -2.17.